The summed E-state index contributed by atoms with van der Waals surface area (Å²) in [5, 5.41) is 7.42. The molecule has 0 aliphatic carbocycles. The van der Waals surface area contributed by atoms with E-state index in [-0.39, 0.29) is 26.9 Å². The Morgan fingerprint density at radius 2 is 0.471 bits per heavy atom. The van der Waals surface area contributed by atoms with Crippen LogP contribution in [0, 0.1) is 0 Å². The molecule has 0 saturated heterocycles. The van der Waals surface area contributed by atoms with Gasteiger partial charge in [0.2, 0.25) is 0 Å². The molecular formula is C120H71B4NO9S2. The zero-order valence-electron chi connectivity index (χ0n) is 72.7. The lowest BCUT2D eigenvalue weighted by molar-refractivity contribution is 0.464. The summed E-state index contributed by atoms with van der Waals surface area (Å²) in [5.74, 6) is 14.1. The molecule has 20 aromatic carbocycles. The van der Waals surface area contributed by atoms with Crippen molar-refractivity contribution in [2.45, 2.75) is 0 Å². The van der Waals surface area contributed by atoms with Gasteiger partial charge >= 0.3 is 0 Å². The molecule has 3 aromatic heterocycles. The largest absolute Gasteiger partial charge is 0.458 e. The molecule has 0 fully saturated rings. The van der Waals surface area contributed by atoms with E-state index in [1.54, 1.807) is 0 Å². The van der Waals surface area contributed by atoms with Gasteiger partial charge in [-0.1, -0.05) is 267 Å². The molecular weight excluding hydrogens is 1710 g/mol. The zero-order chi connectivity index (χ0) is 89.2. The summed E-state index contributed by atoms with van der Waals surface area (Å²) in [6.07, 6.45) is 0. The molecule has 0 amide bonds. The van der Waals surface area contributed by atoms with Gasteiger partial charge in [0.25, 0.3) is 26.9 Å². The van der Waals surface area contributed by atoms with Crippen LogP contribution in [0.3, 0.4) is 0 Å². The summed E-state index contributed by atoms with van der Waals surface area (Å²) >= 11 is 3.68. The molecule has 11 heterocycles. The molecule has 634 valence electrons. The normalized spacial score (nSPS) is 13.0. The molecule has 0 bridgehead atoms. The van der Waals surface area contributed by atoms with E-state index >= 15 is 0 Å². The quantitative estimate of drug-likeness (QED) is 0.150. The fraction of sp³-hybridized carbons (Fsp3) is 0. The molecule has 0 spiro atoms. The molecule has 10 nitrogen and oxygen atoms in total. The standard InChI is InChI=1S/C30H20BNO2.C30H17BO3.2C30H17BO2S/c1-3-11-21(12-4-1)32(22-13-5-2-6-14-22)23-19-28-30-29(20-23)34-27-18-10-8-16-25(27)31(30)24-15-7-9-17-26(24)33-28;1-4-10-24-20(7-1)21-15-18(13-14-25(21)32-24)19-16-28-30-29(17-19)34-27-12-6-3-9-23(27)31(30)22-8-2-5-11-26(22)33-28;1-6-15-28-20(8-1)21-10-7-9-19(30(21)34-28)18-16-26-29-27(17-18)33-25-14-5-3-12-23(25)31(29)22-11-2-4-13-24(22)32-26;1-6-12-28-20(7-1)21-15-18(13-14-29(21)34-28)19-16-26-30-27(17-19)33-25-11-5-3-9-23(25)31(30)22-8-2-4-10-24(22)32-26/h1-20H;3*1-17H. The van der Waals surface area contributed by atoms with Crippen LogP contribution in [0.2, 0.25) is 0 Å². The van der Waals surface area contributed by atoms with E-state index in [9.17, 15) is 0 Å². The van der Waals surface area contributed by atoms with E-state index in [0.717, 1.165) is 181 Å². The Morgan fingerprint density at radius 3 is 0.875 bits per heavy atom. The molecule has 0 saturated carbocycles. The molecule has 0 N–H and O–H groups in total. The summed E-state index contributed by atoms with van der Waals surface area (Å²) < 4.78 is 63.1. The third kappa shape index (κ3) is 12.7. The first-order valence-electron chi connectivity index (χ1n) is 45.9. The highest BCUT2D eigenvalue weighted by molar-refractivity contribution is 7.26. The number of ether oxygens (including phenoxy) is 8. The van der Waals surface area contributed by atoms with E-state index in [4.69, 9.17) is 42.3 Å². The first-order chi connectivity index (χ1) is 67.4. The van der Waals surface area contributed by atoms with Gasteiger partial charge in [0.1, 0.15) is 103 Å². The number of hydrogen-bond acceptors (Lipinski definition) is 12. The second-order valence-electron chi connectivity index (χ2n) is 35.3. The van der Waals surface area contributed by atoms with Crippen LogP contribution in [-0.2, 0) is 0 Å². The number of para-hydroxylation sites is 11. The second kappa shape index (κ2) is 31.4. The number of nitrogens with zero attached hydrogens (tertiary/aromatic N) is 1. The third-order valence-electron chi connectivity index (χ3n) is 27.6. The molecule has 136 heavy (non-hydrogen) atoms. The Morgan fingerprint density at radius 1 is 0.176 bits per heavy atom. The van der Waals surface area contributed by atoms with Gasteiger partial charge in [0, 0.05) is 96.5 Å². The van der Waals surface area contributed by atoms with Crippen molar-refractivity contribution in [3.8, 4) is 125 Å². The second-order valence-corrected chi connectivity index (χ2v) is 37.4. The van der Waals surface area contributed by atoms with E-state index < -0.39 is 0 Å². The van der Waals surface area contributed by atoms with E-state index in [0.29, 0.717) is 0 Å². The maximum absolute atomic E-state index is 6.50. The average Bonchev–Trinajstić information content (AvgIpc) is 1.19. The van der Waals surface area contributed by atoms with Crippen LogP contribution in [-0.4, -0.2) is 26.9 Å². The topological polar surface area (TPSA) is 90.2 Å². The number of rotatable bonds is 6. The lowest BCUT2D eigenvalue weighted by atomic mass is 9.35. The van der Waals surface area contributed by atoms with E-state index in [1.807, 2.05) is 120 Å². The molecule has 8 aliphatic heterocycles. The fourth-order valence-electron chi connectivity index (χ4n) is 21.6. The number of hydrogen-bond donors (Lipinski definition) is 0. The molecule has 0 radical (unpaired) electrons. The number of thiophene rings is 2. The Balaban J connectivity index is 0.0000000898. The van der Waals surface area contributed by atoms with Crippen LogP contribution in [0.25, 0.3) is 95.7 Å². The summed E-state index contributed by atoms with van der Waals surface area (Å²) in [6, 6.07) is 150. The lowest BCUT2D eigenvalue weighted by Crippen LogP contribution is -2.57. The summed E-state index contributed by atoms with van der Waals surface area (Å²) in [5.41, 5.74) is 25.5. The van der Waals surface area contributed by atoms with Crippen LogP contribution >= 0.6 is 22.7 Å². The Kier molecular flexibility index (Phi) is 18.0. The van der Waals surface area contributed by atoms with Crippen molar-refractivity contribution in [1.82, 2.24) is 0 Å². The van der Waals surface area contributed by atoms with Gasteiger partial charge in [-0.3, -0.25) is 0 Å². The van der Waals surface area contributed by atoms with Gasteiger partial charge in [-0.2, -0.15) is 0 Å². The van der Waals surface area contributed by atoms with Crippen molar-refractivity contribution in [2.75, 3.05) is 4.90 Å². The molecule has 16 heteroatoms. The van der Waals surface area contributed by atoms with Crippen molar-refractivity contribution >= 4 is 194 Å². The minimum atomic E-state index is 0.0795. The minimum Gasteiger partial charge on any atom is -0.458 e. The summed E-state index contributed by atoms with van der Waals surface area (Å²) in [6.45, 7) is 0.386. The van der Waals surface area contributed by atoms with Crippen molar-refractivity contribution in [3.63, 3.8) is 0 Å². The lowest BCUT2D eigenvalue weighted by Gasteiger charge is -2.34. The molecule has 8 aliphatic rings. The molecule has 0 atom stereocenters. The van der Waals surface area contributed by atoms with Gasteiger partial charge in [-0.25, -0.2) is 0 Å². The van der Waals surface area contributed by atoms with Crippen molar-refractivity contribution in [1.29, 1.82) is 0 Å². The van der Waals surface area contributed by atoms with Gasteiger partial charge < -0.3 is 47.2 Å². The van der Waals surface area contributed by atoms with Crippen LogP contribution < -0.4 is 108 Å². The highest BCUT2D eigenvalue weighted by Gasteiger charge is 2.46. The molecule has 0 unspecified atom stereocenters. The Bertz CT molecular complexity index is 8320. The summed E-state index contributed by atoms with van der Waals surface area (Å²) in [4.78, 5) is 2.24. The van der Waals surface area contributed by atoms with Gasteiger partial charge in [-0.05, 0) is 229 Å². The number of fused-ring (bicyclic) bond motifs is 25. The fourth-order valence-corrected chi connectivity index (χ4v) is 23.9. The Hall–Kier alpha value is -16.9. The van der Waals surface area contributed by atoms with Crippen molar-refractivity contribution in [3.05, 3.63) is 431 Å². The molecule has 23 aromatic rings. The van der Waals surface area contributed by atoms with E-state index in [1.165, 1.54) is 89.6 Å². The predicted molar refractivity (Wildman–Crippen MR) is 561 cm³/mol. The number of benzene rings is 20. The van der Waals surface area contributed by atoms with Crippen molar-refractivity contribution < 1.29 is 42.3 Å². The van der Waals surface area contributed by atoms with Gasteiger partial charge in [0.15, 0.2) is 0 Å². The maximum atomic E-state index is 6.50. The summed E-state index contributed by atoms with van der Waals surface area (Å²) in [7, 11) is 0. The molecule has 31 rings (SSSR count). The maximum Gasteiger partial charge on any atom is 0.260 e. The Labute approximate surface area is 791 Å². The van der Waals surface area contributed by atoms with Crippen LogP contribution in [0.15, 0.2) is 435 Å². The first kappa shape index (κ1) is 77.8. The minimum absolute atomic E-state index is 0.0795. The highest BCUT2D eigenvalue weighted by Crippen LogP contribution is 2.49. The smallest absolute Gasteiger partial charge is 0.260 e. The van der Waals surface area contributed by atoms with Crippen LogP contribution in [0.5, 0.6) is 92.0 Å². The average molecular weight is 1780 g/mol. The highest BCUT2D eigenvalue weighted by atomic mass is 32.1. The zero-order valence-corrected chi connectivity index (χ0v) is 74.4. The van der Waals surface area contributed by atoms with Gasteiger partial charge in [0.05, 0.1) is 5.69 Å². The van der Waals surface area contributed by atoms with Crippen LogP contribution in [0.1, 0.15) is 0 Å². The number of anilines is 3. The van der Waals surface area contributed by atoms with Crippen LogP contribution in [0.4, 0.5) is 17.1 Å². The monoisotopic (exact) mass is 1780 g/mol. The first-order valence-corrected chi connectivity index (χ1v) is 47.5. The van der Waals surface area contributed by atoms with E-state index in [2.05, 4.69) is 339 Å². The number of furan rings is 1. The van der Waals surface area contributed by atoms with Crippen molar-refractivity contribution in [2.24, 2.45) is 0 Å². The SMILES string of the molecule is c1ccc(N(c2ccccc2)c2cc3c4c(c2)Oc2ccccc2B4c2ccccc2O3)cc1.c1ccc2c(c1)Oc1cc(-c3ccc4oc5ccccc5c4c3)cc3c1B2c1ccccc1O3.c1ccc2c(c1)Oc1cc(-c3ccc4sc5ccccc5c4c3)cc3c1B2c1ccccc1O3.c1ccc2c(c1)Oc1cc(-c3cccc4c3sc3ccccc34)cc3c1B2c1ccccc1O3. The predicted octanol–water partition coefficient (Wildman–Crippen LogP) is 24.8. The third-order valence-corrected chi connectivity index (χ3v) is 29.9. The van der Waals surface area contributed by atoms with Gasteiger partial charge in [-0.15, -0.1) is 22.7 Å².